The summed E-state index contributed by atoms with van der Waals surface area (Å²) in [5, 5.41) is 2.73. The molecule has 1 aromatic carbocycles. The number of benzene rings is 1. The van der Waals surface area contributed by atoms with Crippen LogP contribution in [0.15, 0.2) is 24.3 Å². The number of para-hydroxylation sites is 2. The highest BCUT2D eigenvalue weighted by Gasteiger charge is 2.22. The van der Waals surface area contributed by atoms with Crippen LogP contribution in [0.3, 0.4) is 0 Å². The lowest BCUT2D eigenvalue weighted by atomic mass is 10.2. The van der Waals surface area contributed by atoms with Gasteiger partial charge >= 0.3 is 0 Å². The molecule has 0 bridgehead atoms. The second-order valence-corrected chi connectivity index (χ2v) is 3.39. The van der Waals surface area contributed by atoms with Crippen molar-refractivity contribution in [2.45, 2.75) is 0 Å². The van der Waals surface area contributed by atoms with Crippen LogP contribution >= 0.6 is 0 Å². The molecule has 0 spiro atoms. The van der Waals surface area contributed by atoms with Crippen LogP contribution < -0.4 is 16.0 Å². The molecule has 0 radical (unpaired) electrons. The topological polar surface area (TPSA) is 75.4 Å². The number of rotatable bonds is 2. The summed E-state index contributed by atoms with van der Waals surface area (Å²) in [6, 6.07) is 7.31. The SMILES string of the molecule is NC(=O)CN1CC(=O)Nc2ccccc21. The van der Waals surface area contributed by atoms with Crippen LogP contribution in [0.2, 0.25) is 0 Å². The minimum atomic E-state index is -0.445. The number of primary amides is 1. The van der Waals surface area contributed by atoms with Crippen molar-refractivity contribution in [2.75, 3.05) is 23.3 Å². The second kappa shape index (κ2) is 3.61. The van der Waals surface area contributed by atoms with Gasteiger partial charge in [-0.05, 0) is 12.1 Å². The van der Waals surface area contributed by atoms with Crippen molar-refractivity contribution < 1.29 is 9.59 Å². The standard InChI is InChI=1S/C10H11N3O2/c11-9(14)5-13-6-10(15)12-7-3-1-2-4-8(7)13/h1-4H,5-6H2,(H2,11,14)(H,12,15). The van der Waals surface area contributed by atoms with Crippen molar-refractivity contribution in [1.82, 2.24) is 0 Å². The molecule has 0 aliphatic carbocycles. The number of carbonyl (C=O) groups is 2. The van der Waals surface area contributed by atoms with Gasteiger partial charge in [-0.2, -0.15) is 0 Å². The van der Waals surface area contributed by atoms with Gasteiger partial charge in [0.25, 0.3) is 0 Å². The zero-order chi connectivity index (χ0) is 10.8. The van der Waals surface area contributed by atoms with Crippen LogP contribution in [0, 0.1) is 0 Å². The number of carbonyl (C=O) groups excluding carboxylic acids is 2. The van der Waals surface area contributed by atoms with Gasteiger partial charge in [-0.15, -0.1) is 0 Å². The molecule has 2 rings (SSSR count). The highest BCUT2D eigenvalue weighted by Crippen LogP contribution is 2.28. The predicted octanol–water partition coefficient (Wildman–Crippen LogP) is -0.0696. The summed E-state index contributed by atoms with van der Waals surface area (Å²) in [6.45, 7) is 0.227. The lowest BCUT2D eigenvalue weighted by Gasteiger charge is -2.29. The Balaban J connectivity index is 2.33. The molecule has 0 saturated heterocycles. The van der Waals surface area contributed by atoms with E-state index in [1.165, 1.54) is 0 Å². The Morgan fingerprint density at radius 2 is 2.20 bits per heavy atom. The largest absolute Gasteiger partial charge is 0.368 e. The lowest BCUT2D eigenvalue weighted by Crippen LogP contribution is -2.42. The molecule has 5 nitrogen and oxygen atoms in total. The fourth-order valence-corrected chi connectivity index (χ4v) is 1.63. The van der Waals surface area contributed by atoms with Gasteiger partial charge in [0.15, 0.2) is 0 Å². The number of hydrogen-bond donors (Lipinski definition) is 2. The summed E-state index contributed by atoms with van der Waals surface area (Å²) in [5.41, 5.74) is 6.66. The molecule has 15 heavy (non-hydrogen) atoms. The van der Waals surface area contributed by atoms with Gasteiger partial charge < -0.3 is 16.0 Å². The number of fused-ring (bicyclic) bond motifs is 1. The van der Waals surface area contributed by atoms with E-state index in [0.717, 1.165) is 11.4 Å². The minimum absolute atomic E-state index is 0.0600. The first-order valence-corrected chi connectivity index (χ1v) is 4.59. The molecule has 2 amide bonds. The first kappa shape index (κ1) is 9.51. The summed E-state index contributed by atoms with van der Waals surface area (Å²) in [4.78, 5) is 23.8. The van der Waals surface area contributed by atoms with Gasteiger partial charge in [-0.25, -0.2) is 0 Å². The lowest BCUT2D eigenvalue weighted by molar-refractivity contribution is -0.117. The van der Waals surface area contributed by atoms with Crippen molar-refractivity contribution >= 4 is 23.2 Å². The molecule has 0 atom stereocenters. The van der Waals surface area contributed by atoms with Gasteiger partial charge in [-0.3, -0.25) is 9.59 Å². The van der Waals surface area contributed by atoms with Gasteiger partial charge in [0.1, 0.15) is 0 Å². The number of anilines is 2. The molecular formula is C10H11N3O2. The Kier molecular flexibility index (Phi) is 2.29. The van der Waals surface area contributed by atoms with Gasteiger partial charge in [0, 0.05) is 0 Å². The normalized spacial score (nSPS) is 14.4. The van der Waals surface area contributed by atoms with Crippen LogP contribution in [0.1, 0.15) is 0 Å². The Morgan fingerprint density at radius 3 is 2.93 bits per heavy atom. The third-order valence-corrected chi connectivity index (χ3v) is 2.20. The van der Waals surface area contributed by atoms with Crippen LogP contribution in [0.25, 0.3) is 0 Å². The van der Waals surface area contributed by atoms with Gasteiger partial charge in [-0.1, -0.05) is 12.1 Å². The number of hydrogen-bond acceptors (Lipinski definition) is 3. The molecular weight excluding hydrogens is 194 g/mol. The van der Waals surface area contributed by atoms with E-state index in [2.05, 4.69) is 5.32 Å². The number of nitrogens with two attached hydrogens (primary N) is 1. The highest BCUT2D eigenvalue weighted by molar-refractivity contribution is 6.02. The molecule has 0 aromatic heterocycles. The summed E-state index contributed by atoms with van der Waals surface area (Å²) >= 11 is 0. The maximum atomic E-state index is 11.3. The fourth-order valence-electron chi connectivity index (χ4n) is 1.63. The Hall–Kier alpha value is -2.04. The number of amides is 2. The maximum absolute atomic E-state index is 11.3. The third kappa shape index (κ3) is 1.90. The zero-order valence-corrected chi connectivity index (χ0v) is 8.06. The van der Waals surface area contributed by atoms with Crippen LogP contribution in [0.5, 0.6) is 0 Å². The monoisotopic (exact) mass is 205 g/mol. The van der Waals surface area contributed by atoms with Crippen LogP contribution in [-0.2, 0) is 9.59 Å². The molecule has 1 aliphatic rings. The second-order valence-electron chi connectivity index (χ2n) is 3.39. The molecule has 5 heteroatoms. The van der Waals surface area contributed by atoms with Crippen LogP contribution in [-0.4, -0.2) is 24.9 Å². The molecule has 1 heterocycles. The van der Waals surface area contributed by atoms with E-state index in [9.17, 15) is 9.59 Å². The van der Waals surface area contributed by atoms with E-state index >= 15 is 0 Å². The first-order valence-electron chi connectivity index (χ1n) is 4.59. The van der Waals surface area contributed by atoms with Crippen molar-refractivity contribution in [2.24, 2.45) is 5.73 Å². The molecule has 78 valence electrons. The van der Waals surface area contributed by atoms with Gasteiger partial charge in [0.2, 0.25) is 11.8 Å². The van der Waals surface area contributed by atoms with E-state index < -0.39 is 5.91 Å². The minimum Gasteiger partial charge on any atom is -0.368 e. The third-order valence-electron chi connectivity index (χ3n) is 2.20. The molecule has 1 aromatic rings. The molecule has 0 unspecified atom stereocenters. The summed E-state index contributed by atoms with van der Waals surface area (Å²) in [6.07, 6.45) is 0. The number of nitrogens with one attached hydrogen (secondary N) is 1. The van der Waals surface area contributed by atoms with E-state index in [-0.39, 0.29) is 19.0 Å². The quantitative estimate of drug-likeness (QED) is 0.709. The molecule has 3 N–H and O–H groups in total. The smallest absolute Gasteiger partial charge is 0.243 e. The molecule has 0 saturated carbocycles. The van der Waals surface area contributed by atoms with Crippen molar-refractivity contribution in [3.63, 3.8) is 0 Å². The van der Waals surface area contributed by atoms with E-state index in [1.807, 2.05) is 18.2 Å². The zero-order valence-electron chi connectivity index (χ0n) is 8.06. The Labute approximate surface area is 86.9 Å². The fraction of sp³-hybridized carbons (Fsp3) is 0.200. The molecule has 1 aliphatic heterocycles. The van der Waals surface area contributed by atoms with E-state index in [4.69, 9.17) is 5.73 Å². The Bertz CT molecular complexity index is 417. The average Bonchev–Trinajstić information content (AvgIpc) is 2.16. The number of nitrogens with zero attached hydrogens (tertiary/aromatic N) is 1. The van der Waals surface area contributed by atoms with Crippen molar-refractivity contribution in [3.05, 3.63) is 24.3 Å². The van der Waals surface area contributed by atoms with Gasteiger partial charge in [0.05, 0.1) is 24.5 Å². The first-order chi connectivity index (χ1) is 7.16. The summed E-state index contributed by atoms with van der Waals surface area (Å²) < 4.78 is 0. The summed E-state index contributed by atoms with van der Waals surface area (Å²) in [7, 11) is 0. The average molecular weight is 205 g/mol. The van der Waals surface area contributed by atoms with Crippen molar-refractivity contribution in [1.29, 1.82) is 0 Å². The van der Waals surface area contributed by atoms with E-state index in [0.29, 0.717) is 0 Å². The Morgan fingerprint density at radius 1 is 1.47 bits per heavy atom. The molecule has 0 fully saturated rings. The highest BCUT2D eigenvalue weighted by atomic mass is 16.2. The maximum Gasteiger partial charge on any atom is 0.243 e. The summed E-state index contributed by atoms with van der Waals surface area (Å²) in [5.74, 6) is -0.575. The van der Waals surface area contributed by atoms with E-state index in [1.54, 1.807) is 11.0 Å². The predicted molar refractivity (Wildman–Crippen MR) is 56.5 cm³/mol. The van der Waals surface area contributed by atoms with Crippen LogP contribution in [0.4, 0.5) is 11.4 Å². The van der Waals surface area contributed by atoms with Crippen molar-refractivity contribution in [3.8, 4) is 0 Å².